The molecule has 0 N–H and O–H groups in total. The smallest absolute Gasteiger partial charge is 0.0674 e. The van der Waals surface area contributed by atoms with E-state index in [-0.39, 0.29) is 0 Å². The molecule has 0 amide bonds. The number of rotatable bonds is 3. The second-order valence-electron chi connectivity index (χ2n) is 5.52. The summed E-state index contributed by atoms with van der Waals surface area (Å²) in [6.07, 6.45) is 2.37. The van der Waals surface area contributed by atoms with Crippen LogP contribution in [0.15, 0.2) is 18.3 Å². The number of aromatic nitrogens is 1. The van der Waals surface area contributed by atoms with Crippen molar-refractivity contribution in [1.29, 1.82) is 0 Å². The Morgan fingerprint density at radius 2 is 2.11 bits per heavy atom. The van der Waals surface area contributed by atoms with Gasteiger partial charge in [-0.05, 0) is 31.4 Å². The fourth-order valence-electron chi connectivity index (χ4n) is 2.41. The lowest BCUT2D eigenvalue weighted by molar-refractivity contribution is -0.0320. The minimum absolute atomic E-state index is 0.337. The van der Waals surface area contributed by atoms with E-state index in [0.29, 0.717) is 18.1 Å². The predicted molar refractivity (Wildman–Crippen MR) is 73.7 cm³/mol. The van der Waals surface area contributed by atoms with Crippen LogP contribution >= 0.6 is 0 Å². The van der Waals surface area contributed by atoms with Crippen LogP contribution in [0.3, 0.4) is 0 Å². The van der Waals surface area contributed by atoms with Gasteiger partial charge in [0.2, 0.25) is 0 Å². The normalized spacial score (nSPS) is 23.3. The van der Waals surface area contributed by atoms with E-state index < -0.39 is 0 Å². The Hall–Kier alpha value is -0.930. The third kappa shape index (κ3) is 3.09. The summed E-state index contributed by atoms with van der Waals surface area (Å²) in [7, 11) is 0. The average Bonchev–Trinajstić information content (AvgIpc) is 2.38. The third-order valence-electron chi connectivity index (χ3n) is 3.70. The van der Waals surface area contributed by atoms with Gasteiger partial charge in [0.25, 0.3) is 0 Å². The number of pyridine rings is 1. The van der Waals surface area contributed by atoms with E-state index in [0.717, 1.165) is 19.7 Å². The summed E-state index contributed by atoms with van der Waals surface area (Å²) in [5.74, 6) is 0.498. The molecule has 1 fully saturated rings. The number of ether oxygens (including phenoxy) is 1. The van der Waals surface area contributed by atoms with Crippen molar-refractivity contribution in [1.82, 2.24) is 9.88 Å². The molecule has 1 saturated heterocycles. The van der Waals surface area contributed by atoms with Gasteiger partial charge in [0.1, 0.15) is 0 Å². The fourth-order valence-corrected chi connectivity index (χ4v) is 2.41. The summed E-state index contributed by atoms with van der Waals surface area (Å²) in [5.41, 5.74) is 2.47. The molecule has 0 bridgehead atoms. The Kier molecular flexibility index (Phi) is 4.36. The highest BCUT2D eigenvalue weighted by molar-refractivity contribution is 5.19. The first-order valence-corrected chi connectivity index (χ1v) is 6.89. The van der Waals surface area contributed by atoms with Gasteiger partial charge in [-0.2, -0.15) is 0 Å². The highest BCUT2D eigenvalue weighted by atomic mass is 16.5. The second-order valence-corrected chi connectivity index (χ2v) is 5.52. The molecular weight excluding hydrogens is 224 g/mol. The lowest BCUT2D eigenvalue weighted by Crippen LogP contribution is -2.42. The van der Waals surface area contributed by atoms with Crippen LogP contribution in [0, 0.1) is 0 Å². The number of hydrogen-bond donors (Lipinski definition) is 0. The first-order chi connectivity index (χ1) is 8.58. The van der Waals surface area contributed by atoms with Gasteiger partial charge >= 0.3 is 0 Å². The molecule has 18 heavy (non-hydrogen) atoms. The van der Waals surface area contributed by atoms with Gasteiger partial charge in [-0.3, -0.25) is 9.88 Å². The molecule has 2 atom stereocenters. The summed E-state index contributed by atoms with van der Waals surface area (Å²) >= 11 is 0. The van der Waals surface area contributed by atoms with Crippen molar-refractivity contribution in [3.05, 3.63) is 29.6 Å². The van der Waals surface area contributed by atoms with Crippen molar-refractivity contribution in [3.63, 3.8) is 0 Å². The molecule has 1 aliphatic heterocycles. The van der Waals surface area contributed by atoms with Crippen molar-refractivity contribution in [2.45, 2.75) is 45.8 Å². The molecule has 1 aromatic rings. The van der Waals surface area contributed by atoms with Gasteiger partial charge in [-0.1, -0.05) is 19.9 Å². The van der Waals surface area contributed by atoms with Crippen LogP contribution in [0.2, 0.25) is 0 Å². The molecule has 100 valence electrons. The Morgan fingerprint density at radius 3 is 2.67 bits per heavy atom. The summed E-state index contributed by atoms with van der Waals surface area (Å²) in [5, 5.41) is 0. The summed E-state index contributed by atoms with van der Waals surface area (Å²) < 4.78 is 5.59. The maximum Gasteiger partial charge on any atom is 0.0674 e. The van der Waals surface area contributed by atoms with Crippen LogP contribution in [0.1, 0.15) is 50.9 Å². The van der Waals surface area contributed by atoms with Gasteiger partial charge in [-0.15, -0.1) is 0 Å². The van der Waals surface area contributed by atoms with Gasteiger partial charge < -0.3 is 4.74 Å². The van der Waals surface area contributed by atoms with Crippen LogP contribution in [0.25, 0.3) is 0 Å². The summed E-state index contributed by atoms with van der Waals surface area (Å²) in [6.45, 7) is 11.6. The van der Waals surface area contributed by atoms with Crippen molar-refractivity contribution in [2.24, 2.45) is 0 Å². The predicted octanol–water partition coefficient (Wildman–Crippen LogP) is 2.99. The molecular formula is C15H24N2O. The molecule has 1 aromatic heterocycles. The van der Waals surface area contributed by atoms with Gasteiger partial charge in [0, 0.05) is 31.0 Å². The third-order valence-corrected chi connectivity index (χ3v) is 3.70. The zero-order valence-electron chi connectivity index (χ0n) is 11.9. The van der Waals surface area contributed by atoms with Gasteiger partial charge in [0.05, 0.1) is 12.7 Å². The quantitative estimate of drug-likeness (QED) is 0.822. The van der Waals surface area contributed by atoms with E-state index >= 15 is 0 Å². The molecule has 2 rings (SSSR count). The monoisotopic (exact) mass is 248 g/mol. The Labute approximate surface area is 110 Å². The molecule has 0 radical (unpaired) electrons. The second kappa shape index (κ2) is 5.81. The molecule has 0 aliphatic carbocycles. The zero-order chi connectivity index (χ0) is 13.1. The molecule has 0 aromatic carbocycles. The van der Waals surface area contributed by atoms with Gasteiger partial charge in [-0.25, -0.2) is 0 Å². The lowest BCUT2D eigenvalue weighted by Gasteiger charge is -2.35. The highest BCUT2D eigenvalue weighted by Gasteiger charge is 2.22. The van der Waals surface area contributed by atoms with Crippen LogP contribution in [0.4, 0.5) is 0 Å². The largest absolute Gasteiger partial charge is 0.376 e. The van der Waals surface area contributed by atoms with E-state index in [1.807, 2.05) is 6.20 Å². The summed E-state index contributed by atoms with van der Waals surface area (Å²) in [4.78, 5) is 7.03. The first-order valence-electron chi connectivity index (χ1n) is 6.89. The number of nitrogens with zero attached hydrogens (tertiary/aromatic N) is 2. The van der Waals surface area contributed by atoms with Crippen molar-refractivity contribution < 1.29 is 4.74 Å². The molecule has 3 nitrogen and oxygen atoms in total. The molecule has 0 spiro atoms. The van der Waals surface area contributed by atoms with E-state index in [4.69, 9.17) is 4.74 Å². The van der Waals surface area contributed by atoms with Crippen molar-refractivity contribution >= 4 is 0 Å². The molecule has 2 heterocycles. The number of hydrogen-bond acceptors (Lipinski definition) is 3. The Bertz CT molecular complexity index is 375. The van der Waals surface area contributed by atoms with Crippen LogP contribution in [-0.4, -0.2) is 35.7 Å². The lowest BCUT2D eigenvalue weighted by atomic mass is 10.0. The van der Waals surface area contributed by atoms with E-state index in [9.17, 15) is 0 Å². The standard InChI is InChI=1S/C15H24N2O/c1-11(2)15-6-5-14(9-16-15)13(4)17-7-8-18-12(3)10-17/h5-6,9,11-13H,7-8,10H2,1-4H3/t12-,13?/m0/s1. The van der Waals surface area contributed by atoms with E-state index in [2.05, 4.69) is 49.7 Å². The highest BCUT2D eigenvalue weighted by Crippen LogP contribution is 2.23. The fraction of sp³-hybridized carbons (Fsp3) is 0.667. The number of morpholine rings is 1. The molecule has 3 heteroatoms. The summed E-state index contributed by atoms with van der Waals surface area (Å²) in [6, 6.07) is 4.79. The molecule has 1 aliphatic rings. The van der Waals surface area contributed by atoms with Crippen LogP contribution in [-0.2, 0) is 4.74 Å². The van der Waals surface area contributed by atoms with Crippen LogP contribution < -0.4 is 0 Å². The Balaban J connectivity index is 2.05. The van der Waals surface area contributed by atoms with Crippen molar-refractivity contribution in [2.75, 3.05) is 19.7 Å². The zero-order valence-corrected chi connectivity index (χ0v) is 11.9. The Morgan fingerprint density at radius 1 is 1.33 bits per heavy atom. The minimum atomic E-state index is 0.337. The maximum atomic E-state index is 5.59. The van der Waals surface area contributed by atoms with Gasteiger partial charge in [0.15, 0.2) is 0 Å². The molecule has 0 saturated carbocycles. The van der Waals surface area contributed by atoms with Crippen molar-refractivity contribution in [3.8, 4) is 0 Å². The van der Waals surface area contributed by atoms with E-state index in [1.165, 1.54) is 11.3 Å². The SMILES string of the molecule is CC(C)c1ccc(C(C)N2CCO[C@@H](C)C2)cn1. The molecule has 1 unspecified atom stereocenters. The average molecular weight is 248 g/mol. The maximum absolute atomic E-state index is 5.59. The minimum Gasteiger partial charge on any atom is -0.376 e. The van der Waals surface area contributed by atoms with Crippen LogP contribution in [0.5, 0.6) is 0 Å². The first kappa shape index (κ1) is 13.5. The topological polar surface area (TPSA) is 25.4 Å². The van der Waals surface area contributed by atoms with E-state index in [1.54, 1.807) is 0 Å².